The number of halogens is 4. The van der Waals surface area contributed by atoms with Crippen molar-refractivity contribution in [2.24, 2.45) is 0 Å². The largest absolute Gasteiger partial charge is 0.433 e. The summed E-state index contributed by atoms with van der Waals surface area (Å²) in [5, 5.41) is 14.3. The van der Waals surface area contributed by atoms with E-state index in [0.29, 0.717) is 11.3 Å². The molecule has 5 nitrogen and oxygen atoms in total. The SMILES string of the molecule is Cc1cc(Nc2cc(C(F)(F)F)nc(N[C@H](C)CO)n2)ccc1F. The number of benzene rings is 1. The van der Waals surface area contributed by atoms with Crippen LogP contribution in [-0.4, -0.2) is 27.7 Å². The van der Waals surface area contributed by atoms with Gasteiger partial charge in [0.15, 0.2) is 5.69 Å². The van der Waals surface area contributed by atoms with Gasteiger partial charge in [0.05, 0.1) is 6.61 Å². The van der Waals surface area contributed by atoms with Crippen molar-refractivity contribution in [2.45, 2.75) is 26.1 Å². The predicted octanol–water partition coefficient (Wildman–Crippen LogP) is 3.48. The maximum Gasteiger partial charge on any atom is 0.433 e. The molecule has 0 fully saturated rings. The summed E-state index contributed by atoms with van der Waals surface area (Å²) in [4.78, 5) is 7.35. The molecule has 0 aliphatic carbocycles. The van der Waals surface area contributed by atoms with Crippen LogP contribution in [0.5, 0.6) is 0 Å². The van der Waals surface area contributed by atoms with Crippen molar-refractivity contribution in [3.63, 3.8) is 0 Å². The van der Waals surface area contributed by atoms with Crippen molar-refractivity contribution in [2.75, 3.05) is 17.2 Å². The summed E-state index contributed by atoms with van der Waals surface area (Å²) >= 11 is 0. The molecule has 1 heterocycles. The molecule has 1 atom stereocenters. The summed E-state index contributed by atoms with van der Waals surface area (Å²) < 4.78 is 52.2. The minimum Gasteiger partial charge on any atom is -0.394 e. The van der Waals surface area contributed by atoms with Crippen molar-refractivity contribution in [1.82, 2.24) is 9.97 Å². The first kappa shape index (κ1) is 17.9. The number of nitrogens with zero attached hydrogens (tertiary/aromatic N) is 2. The van der Waals surface area contributed by atoms with Gasteiger partial charge >= 0.3 is 6.18 Å². The second-order valence-corrected chi connectivity index (χ2v) is 5.28. The van der Waals surface area contributed by atoms with E-state index in [4.69, 9.17) is 5.11 Å². The van der Waals surface area contributed by atoms with Crippen LogP contribution in [-0.2, 0) is 6.18 Å². The minimum absolute atomic E-state index is 0.101. The van der Waals surface area contributed by atoms with Gasteiger partial charge in [0.25, 0.3) is 0 Å². The third-order valence-corrected chi connectivity index (χ3v) is 3.10. The normalized spacial score (nSPS) is 12.8. The molecule has 0 unspecified atom stereocenters. The molecular weight excluding hydrogens is 328 g/mol. The molecule has 0 bridgehead atoms. The fraction of sp³-hybridized carbons (Fsp3) is 0.333. The van der Waals surface area contributed by atoms with Gasteiger partial charge in [0.1, 0.15) is 11.6 Å². The smallest absolute Gasteiger partial charge is 0.394 e. The number of aromatic nitrogens is 2. The fourth-order valence-electron chi connectivity index (χ4n) is 1.86. The fourth-order valence-corrected chi connectivity index (χ4v) is 1.86. The van der Waals surface area contributed by atoms with Gasteiger partial charge in [-0.3, -0.25) is 0 Å². The number of hydrogen-bond acceptors (Lipinski definition) is 5. The number of aryl methyl sites for hydroxylation is 1. The number of hydrogen-bond donors (Lipinski definition) is 3. The van der Waals surface area contributed by atoms with Crippen LogP contribution in [0.1, 0.15) is 18.2 Å². The van der Waals surface area contributed by atoms with Gasteiger partial charge in [-0.1, -0.05) is 0 Å². The van der Waals surface area contributed by atoms with Gasteiger partial charge in [-0.15, -0.1) is 0 Å². The summed E-state index contributed by atoms with van der Waals surface area (Å²) in [5.74, 6) is -0.790. The van der Waals surface area contributed by atoms with E-state index >= 15 is 0 Å². The maximum atomic E-state index is 13.3. The molecule has 0 aliphatic heterocycles. The van der Waals surface area contributed by atoms with E-state index in [1.807, 2.05) is 0 Å². The van der Waals surface area contributed by atoms with E-state index in [1.54, 1.807) is 6.92 Å². The summed E-state index contributed by atoms with van der Waals surface area (Å²) in [7, 11) is 0. The monoisotopic (exact) mass is 344 g/mol. The van der Waals surface area contributed by atoms with Crippen LogP contribution in [0.15, 0.2) is 24.3 Å². The Balaban J connectivity index is 2.36. The highest BCUT2D eigenvalue weighted by molar-refractivity contribution is 5.58. The minimum atomic E-state index is -4.66. The zero-order valence-electron chi connectivity index (χ0n) is 12.9. The first-order valence-corrected chi connectivity index (χ1v) is 7.06. The summed E-state index contributed by atoms with van der Waals surface area (Å²) in [6.45, 7) is 2.82. The highest BCUT2D eigenvalue weighted by Gasteiger charge is 2.34. The van der Waals surface area contributed by atoms with Crippen molar-refractivity contribution < 1.29 is 22.7 Å². The van der Waals surface area contributed by atoms with Crippen molar-refractivity contribution in [3.8, 4) is 0 Å². The topological polar surface area (TPSA) is 70.1 Å². The lowest BCUT2D eigenvalue weighted by atomic mass is 10.2. The first-order valence-electron chi connectivity index (χ1n) is 7.06. The van der Waals surface area contributed by atoms with E-state index in [9.17, 15) is 17.6 Å². The van der Waals surface area contributed by atoms with Crippen LogP contribution in [0.3, 0.4) is 0 Å². The Morgan fingerprint density at radius 1 is 1.21 bits per heavy atom. The molecule has 0 spiro atoms. The molecular formula is C15H16F4N4O. The highest BCUT2D eigenvalue weighted by atomic mass is 19.4. The molecule has 0 amide bonds. The molecule has 2 aromatic rings. The molecule has 0 saturated carbocycles. The molecule has 9 heteroatoms. The van der Waals surface area contributed by atoms with Crippen LogP contribution in [0.25, 0.3) is 0 Å². The van der Waals surface area contributed by atoms with E-state index in [1.165, 1.54) is 25.1 Å². The number of rotatable bonds is 5. The predicted molar refractivity (Wildman–Crippen MR) is 81.6 cm³/mol. The van der Waals surface area contributed by atoms with Gasteiger partial charge in [0, 0.05) is 17.8 Å². The van der Waals surface area contributed by atoms with E-state index in [2.05, 4.69) is 20.6 Å². The van der Waals surface area contributed by atoms with Crippen molar-refractivity contribution in [3.05, 3.63) is 41.3 Å². The van der Waals surface area contributed by atoms with E-state index in [0.717, 1.165) is 6.07 Å². The van der Waals surface area contributed by atoms with Crippen molar-refractivity contribution >= 4 is 17.5 Å². The molecule has 1 aromatic carbocycles. The quantitative estimate of drug-likeness (QED) is 0.725. The Morgan fingerprint density at radius 2 is 1.92 bits per heavy atom. The van der Waals surface area contributed by atoms with Crippen LogP contribution >= 0.6 is 0 Å². The summed E-state index contributed by atoms with van der Waals surface area (Å²) in [5.41, 5.74) is -0.397. The Morgan fingerprint density at radius 3 is 2.50 bits per heavy atom. The van der Waals surface area contributed by atoms with E-state index < -0.39 is 23.7 Å². The van der Waals surface area contributed by atoms with Crippen LogP contribution in [0.4, 0.5) is 35.0 Å². The Kier molecular flexibility index (Phi) is 5.23. The average molecular weight is 344 g/mol. The van der Waals surface area contributed by atoms with Crippen LogP contribution < -0.4 is 10.6 Å². The molecule has 130 valence electrons. The lowest BCUT2D eigenvalue weighted by Crippen LogP contribution is -2.22. The lowest BCUT2D eigenvalue weighted by Gasteiger charge is -2.15. The Labute approximate surface area is 135 Å². The molecule has 2 rings (SSSR count). The summed E-state index contributed by atoms with van der Waals surface area (Å²) in [6.07, 6.45) is -4.66. The standard InChI is InChI=1S/C15H16F4N4O/c1-8-5-10(3-4-11(8)16)21-13-6-12(15(17,18)19)22-14(23-13)20-9(2)7-24/h3-6,9,24H,7H2,1-2H3,(H2,20,21,22,23)/t9-/m1/s1. The highest BCUT2D eigenvalue weighted by Crippen LogP contribution is 2.30. The molecule has 0 aliphatic rings. The molecule has 1 aromatic heterocycles. The average Bonchev–Trinajstić information content (AvgIpc) is 2.49. The molecule has 24 heavy (non-hydrogen) atoms. The van der Waals surface area contributed by atoms with Crippen molar-refractivity contribution in [1.29, 1.82) is 0 Å². The first-order chi connectivity index (χ1) is 11.2. The number of aliphatic hydroxyl groups is 1. The molecule has 3 N–H and O–H groups in total. The Hall–Kier alpha value is -2.42. The second kappa shape index (κ2) is 7.00. The number of nitrogens with one attached hydrogen (secondary N) is 2. The molecule has 0 saturated heterocycles. The van der Waals surface area contributed by atoms with Gasteiger partial charge in [-0.2, -0.15) is 18.2 Å². The zero-order valence-corrected chi connectivity index (χ0v) is 12.9. The number of anilines is 3. The summed E-state index contributed by atoms with van der Waals surface area (Å²) in [6, 6.07) is 4.29. The Bertz CT molecular complexity index is 721. The van der Waals surface area contributed by atoms with Crippen LogP contribution in [0.2, 0.25) is 0 Å². The molecule has 0 radical (unpaired) electrons. The van der Waals surface area contributed by atoms with Gasteiger partial charge in [-0.05, 0) is 37.6 Å². The third kappa shape index (κ3) is 4.54. The third-order valence-electron chi connectivity index (χ3n) is 3.10. The van der Waals surface area contributed by atoms with Crippen LogP contribution in [0, 0.1) is 12.7 Å². The van der Waals surface area contributed by atoms with Gasteiger partial charge in [-0.25, -0.2) is 9.37 Å². The maximum absolute atomic E-state index is 13.3. The number of alkyl halides is 3. The van der Waals surface area contributed by atoms with E-state index in [-0.39, 0.29) is 18.4 Å². The lowest BCUT2D eigenvalue weighted by molar-refractivity contribution is -0.141. The van der Waals surface area contributed by atoms with Gasteiger partial charge < -0.3 is 15.7 Å². The zero-order chi connectivity index (χ0) is 17.9. The van der Waals surface area contributed by atoms with Gasteiger partial charge in [0.2, 0.25) is 5.95 Å². The number of aliphatic hydroxyl groups excluding tert-OH is 1. The second-order valence-electron chi connectivity index (χ2n) is 5.28.